The van der Waals surface area contributed by atoms with E-state index in [-0.39, 0.29) is 0 Å². The first kappa shape index (κ1) is 9.63. The van der Waals surface area contributed by atoms with Crippen molar-refractivity contribution in [2.75, 3.05) is 6.61 Å². The number of terminal acetylenes is 1. The fourth-order valence-electron chi connectivity index (χ4n) is 0.459. The van der Waals surface area contributed by atoms with Crippen molar-refractivity contribution < 1.29 is 12.9 Å². The zero-order valence-corrected chi connectivity index (χ0v) is 6.39. The molecule has 58 valence electrons. The number of hydrogen-bond acceptors (Lipinski definition) is 2. The maximum absolute atomic E-state index is 9.88. The summed E-state index contributed by atoms with van der Waals surface area (Å²) in [5.74, 6) is 2.46. The second-order valence-electron chi connectivity index (χ2n) is 1.70. The van der Waals surface area contributed by atoms with Gasteiger partial charge in [0.05, 0.1) is 6.61 Å². The average molecular weight is 162 g/mol. The lowest BCUT2D eigenvalue weighted by molar-refractivity contribution is 0.299. The Morgan fingerprint density at radius 1 is 1.60 bits per heavy atom. The summed E-state index contributed by atoms with van der Waals surface area (Å²) in [5.41, 5.74) is 0. The van der Waals surface area contributed by atoms with Crippen molar-refractivity contribution in [2.24, 2.45) is 0 Å². The van der Waals surface area contributed by atoms with Crippen LogP contribution in [0.5, 0.6) is 0 Å². The van der Waals surface area contributed by atoms with E-state index in [1.807, 2.05) is 0 Å². The van der Waals surface area contributed by atoms with Crippen molar-refractivity contribution in [3.8, 4) is 12.3 Å². The highest BCUT2D eigenvalue weighted by Gasteiger charge is 1.91. The fourth-order valence-corrected chi connectivity index (χ4v) is 0.720. The molecule has 0 amide bonds. The zero-order valence-electron chi connectivity index (χ0n) is 5.58. The smallest absolute Gasteiger partial charge is 0.284 e. The molecular formula is C6H10O3S. The summed E-state index contributed by atoms with van der Waals surface area (Å²) in [6.07, 6.45) is 7.24. The molecule has 1 unspecified atom stereocenters. The van der Waals surface area contributed by atoms with Gasteiger partial charge in [-0.05, 0) is 12.8 Å². The highest BCUT2D eigenvalue weighted by atomic mass is 32.2. The molecule has 0 aromatic carbocycles. The summed E-state index contributed by atoms with van der Waals surface area (Å²) in [4.78, 5) is 0. The van der Waals surface area contributed by atoms with Crippen molar-refractivity contribution in [1.82, 2.24) is 0 Å². The third-order valence-corrected chi connectivity index (χ3v) is 1.27. The summed E-state index contributed by atoms with van der Waals surface area (Å²) < 4.78 is 22.3. The largest absolute Gasteiger partial charge is 0.301 e. The normalized spacial score (nSPS) is 12.4. The topological polar surface area (TPSA) is 46.5 Å². The second kappa shape index (κ2) is 6.75. The van der Waals surface area contributed by atoms with E-state index in [2.05, 4.69) is 10.1 Å². The summed E-state index contributed by atoms with van der Waals surface area (Å²) >= 11 is -2.12. The Morgan fingerprint density at radius 3 is 2.80 bits per heavy atom. The fraction of sp³-hybridized carbons (Fsp3) is 0.667. The molecule has 0 aliphatic heterocycles. The molecule has 4 heteroatoms. The zero-order chi connectivity index (χ0) is 7.82. The molecule has 0 radical (unpaired) electrons. The molecule has 0 saturated carbocycles. The van der Waals surface area contributed by atoms with E-state index in [0.717, 1.165) is 12.8 Å². The number of hydrogen-bond donors (Lipinski definition) is 1. The van der Waals surface area contributed by atoms with Crippen LogP contribution >= 0.6 is 0 Å². The van der Waals surface area contributed by atoms with Gasteiger partial charge < -0.3 is 0 Å². The Hall–Kier alpha value is -0.370. The van der Waals surface area contributed by atoms with Crippen LogP contribution in [-0.4, -0.2) is 15.4 Å². The van der Waals surface area contributed by atoms with E-state index in [0.29, 0.717) is 13.0 Å². The van der Waals surface area contributed by atoms with Crippen LogP contribution < -0.4 is 0 Å². The van der Waals surface area contributed by atoms with Crippen LogP contribution in [0.1, 0.15) is 19.3 Å². The van der Waals surface area contributed by atoms with E-state index in [4.69, 9.17) is 11.0 Å². The van der Waals surface area contributed by atoms with Gasteiger partial charge in [-0.3, -0.25) is 8.74 Å². The molecule has 1 N–H and O–H groups in total. The Kier molecular flexibility index (Phi) is 6.50. The third-order valence-electron chi connectivity index (χ3n) is 0.900. The predicted molar refractivity (Wildman–Crippen MR) is 39.4 cm³/mol. The second-order valence-corrected chi connectivity index (χ2v) is 2.37. The SMILES string of the molecule is C#CCCCCOS(=O)O. The minimum absolute atomic E-state index is 0.296. The molecule has 0 aliphatic rings. The van der Waals surface area contributed by atoms with Gasteiger partial charge in [-0.2, -0.15) is 4.21 Å². The van der Waals surface area contributed by atoms with Gasteiger partial charge in [0.2, 0.25) is 0 Å². The van der Waals surface area contributed by atoms with Gasteiger partial charge in [0, 0.05) is 6.42 Å². The van der Waals surface area contributed by atoms with Gasteiger partial charge >= 0.3 is 11.4 Å². The van der Waals surface area contributed by atoms with Crippen LogP contribution in [0.15, 0.2) is 0 Å². The van der Waals surface area contributed by atoms with Crippen LogP contribution in [0.25, 0.3) is 0 Å². The molecule has 1 atom stereocenters. The van der Waals surface area contributed by atoms with Gasteiger partial charge in [0.25, 0.3) is 0 Å². The first-order chi connectivity index (χ1) is 4.77. The molecule has 0 heterocycles. The lowest BCUT2D eigenvalue weighted by atomic mass is 10.2. The van der Waals surface area contributed by atoms with Crippen molar-refractivity contribution in [2.45, 2.75) is 19.3 Å². The van der Waals surface area contributed by atoms with Gasteiger partial charge in [0.1, 0.15) is 0 Å². The van der Waals surface area contributed by atoms with E-state index in [9.17, 15) is 4.21 Å². The van der Waals surface area contributed by atoms with Crippen LogP contribution in [0.2, 0.25) is 0 Å². The number of unbranched alkanes of at least 4 members (excludes halogenated alkanes) is 2. The van der Waals surface area contributed by atoms with Crippen LogP contribution in [0.3, 0.4) is 0 Å². The molecule has 10 heavy (non-hydrogen) atoms. The van der Waals surface area contributed by atoms with Crippen LogP contribution in [-0.2, 0) is 15.5 Å². The Labute approximate surface area is 63.3 Å². The summed E-state index contributed by atoms with van der Waals surface area (Å²) in [6, 6.07) is 0. The molecular weight excluding hydrogens is 152 g/mol. The van der Waals surface area contributed by atoms with Crippen LogP contribution in [0, 0.1) is 12.3 Å². The molecule has 0 spiro atoms. The molecule has 0 aromatic heterocycles. The first-order valence-electron chi connectivity index (χ1n) is 2.95. The van der Waals surface area contributed by atoms with Gasteiger partial charge in [0.15, 0.2) is 0 Å². The summed E-state index contributed by atoms with van der Waals surface area (Å²) in [6.45, 7) is 0.296. The molecule has 3 nitrogen and oxygen atoms in total. The molecule has 0 saturated heterocycles. The molecule has 0 bridgehead atoms. The van der Waals surface area contributed by atoms with Crippen molar-refractivity contribution in [3.63, 3.8) is 0 Å². The van der Waals surface area contributed by atoms with E-state index in [1.165, 1.54) is 0 Å². The van der Waals surface area contributed by atoms with Gasteiger partial charge in [-0.1, -0.05) is 0 Å². The Balaban J connectivity index is 2.92. The summed E-state index contributed by atoms with van der Waals surface area (Å²) in [5, 5.41) is 0. The molecule has 0 aliphatic carbocycles. The van der Waals surface area contributed by atoms with E-state index >= 15 is 0 Å². The Bertz CT molecular complexity index is 138. The molecule has 0 aromatic rings. The van der Waals surface area contributed by atoms with Gasteiger partial charge in [-0.25, -0.2) is 0 Å². The lowest BCUT2D eigenvalue weighted by Crippen LogP contribution is -1.96. The predicted octanol–water partition coefficient (Wildman–Crippen LogP) is 0.943. The molecule has 0 fully saturated rings. The lowest BCUT2D eigenvalue weighted by Gasteiger charge is -1.94. The Morgan fingerprint density at radius 2 is 2.30 bits per heavy atom. The van der Waals surface area contributed by atoms with Crippen molar-refractivity contribution in [1.29, 1.82) is 0 Å². The van der Waals surface area contributed by atoms with Crippen LogP contribution in [0.4, 0.5) is 0 Å². The number of rotatable bonds is 5. The van der Waals surface area contributed by atoms with Gasteiger partial charge in [-0.15, -0.1) is 12.3 Å². The molecule has 0 rings (SSSR count). The third kappa shape index (κ3) is 7.63. The minimum Gasteiger partial charge on any atom is -0.284 e. The highest BCUT2D eigenvalue weighted by molar-refractivity contribution is 7.74. The highest BCUT2D eigenvalue weighted by Crippen LogP contribution is 1.94. The quantitative estimate of drug-likeness (QED) is 0.372. The average Bonchev–Trinajstić information content (AvgIpc) is 1.87. The van der Waals surface area contributed by atoms with Crippen molar-refractivity contribution >= 4 is 11.4 Å². The minimum atomic E-state index is -2.12. The summed E-state index contributed by atoms with van der Waals surface area (Å²) in [7, 11) is 0. The standard InChI is InChI=1S/C6H10O3S/c1-2-3-4-5-6-9-10(7)8/h1H,3-6H2,(H,7,8). The van der Waals surface area contributed by atoms with E-state index < -0.39 is 11.4 Å². The maximum Gasteiger partial charge on any atom is 0.301 e. The maximum atomic E-state index is 9.88. The monoisotopic (exact) mass is 162 g/mol. The van der Waals surface area contributed by atoms with Crippen molar-refractivity contribution in [3.05, 3.63) is 0 Å². The first-order valence-corrected chi connectivity index (χ1v) is 3.98. The van der Waals surface area contributed by atoms with E-state index in [1.54, 1.807) is 0 Å².